The third-order valence-corrected chi connectivity index (χ3v) is 1.72. The zero-order chi connectivity index (χ0) is 5.49. The van der Waals surface area contributed by atoms with Crippen LogP contribution in [0.5, 0.6) is 0 Å². The molecule has 2 N–H and O–H groups in total. The first kappa shape index (κ1) is 8.21. The van der Waals surface area contributed by atoms with Crippen LogP contribution in [0.4, 0.5) is 0 Å². The van der Waals surface area contributed by atoms with Crippen molar-refractivity contribution >= 4 is 12.4 Å². The second-order valence-corrected chi connectivity index (χ2v) is 2.33. The Bertz CT molecular complexity index is 84.5. The Morgan fingerprint density at radius 2 is 2.12 bits per heavy atom. The summed E-state index contributed by atoms with van der Waals surface area (Å²) in [4.78, 5) is 0. The van der Waals surface area contributed by atoms with Crippen LogP contribution in [0.3, 0.4) is 0 Å². The van der Waals surface area contributed by atoms with E-state index in [1.807, 2.05) is 6.92 Å². The van der Waals surface area contributed by atoms with Crippen LogP contribution in [-0.4, -0.2) is 18.8 Å². The van der Waals surface area contributed by atoms with Gasteiger partial charge in [-0.3, -0.25) is 0 Å². The van der Waals surface area contributed by atoms with Crippen molar-refractivity contribution in [2.75, 3.05) is 7.11 Å². The van der Waals surface area contributed by atoms with Gasteiger partial charge in [0.05, 0.1) is 5.60 Å². The highest BCUT2D eigenvalue weighted by atomic mass is 35.5. The molecule has 3 heteroatoms. The Kier molecular flexibility index (Phi) is 2.27. The van der Waals surface area contributed by atoms with Crippen molar-refractivity contribution in [1.29, 1.82) is 0 Å². The molecule has 0 aromatic rings. The molecule has 2 nitrogen and oxygen atoms in total. The van der Waals surface area contributed by atoms with Crippen LogP contribution in [0.1, 0.15) is 13.3 Å². The third-order valence-electron chi connectivity index (χ3n) is 1.72. The number of rotatable bonds is 1. The second-order valence-electron chi connectivity index (χ2n) is 2.33. The lowest BCUT2D eigenvalue weighted by atomic mass is 10.4. The lowest BCUT2D eigenvalue weighted by Gasteiger charge is -2.03. The van der Waals surface area contributed by atoms with E-state index >= 15 is 0 Å². The van der Waals surface area contributed by atoms with Gasteiger partial charge in [0.25, 0.3) is 0 Å². The van der Waals surface area contributed by atoms with Gasteiger partial charge in [-0.25, -0.2) is 0 Å². The van der Waals surface area contributed by atoms with E-state index < -0.39 is 0 Å². The predicted molar refractivity (Wildman–Crippen MR) is 35.3 cm³/mol. The Hall–Kier alpha value is 0.210. The van der Waals surface area contributed by atoms with Gasteiger partial charge >= 0.3 is 0 Å². The first-order chi connectivity index (χ1) is 3.19. The standard InChI is InChI=1S/C5H11NO.ClH/c1-5(7-2)3-4(5)6;/h4H,3,6H2,1-2H3;1H/t4-,5+;/m1./s1. The molecule has 0 amide bonds. The zero-order valence-corrected chi connectivity index (χ0v) is 5.99. The molecule has 8 heavy (non-hydrogen) atoms. The summed E-state index contributed by atoms with van der Waals surface area (Å²) in [7, 11) is 1.70. The SMILES string of the molecule is CO[C@@]1(C)C[C@H]1N.Cl. The van der Waals surface area contributed by atoms with E-state index in [0.717, 1.165) is 6.42 Å². The molecular formula is C5H12ClNO. The quantitative estimate of drug-likeness (QED) is 0.573. The maximum Gasteiger partial charge on any atom is 0.0817 e. The van der Waals surface area contributed by atoms with E-state index in [1.54, 1.807) is 7.11 Å². The Morgan fingerprint density at radius 1 is 1.75 bits per heavy atom. The predicted octanol–water partition coefficient (Wildman–Crippen LogP) is 0.544. The average molecular weight is 138 g/mol. The number of hydrogen-bond acceptors (Lipinski definition) is 2. The second kappa shape index (κ2) is 2.21. The maximum absolute atomic E-state index is 5.49. The van der Waals surface area contributed by atoms with E-state index in [9.17, 15) is 0 Å². The number of nitrogens with two attached hydrogens (primary N) is 1. The number of halogens is 1. The largest absolute Gasteiger partial charge is 0.377 e. The molecular weight excluding hydrogens is 126 g/mol. The molecule has 0 spiro atoms. The van der Waals surface area contributed by atoms with Crippen molar-refractivity contribution in [2.45, 2.75) is 25.0 Å². The van der Waals surface area contributed by atoms with Gasteiger partial charge in [-0.15, -0.1) is 12.4 Å². The van der Waals surface area contributed by atoms with Crippen LogP contribution in [0.2, 0.25) is 0 Å². The average Bonchev–Trinajstić information content (AvgIpc) is 2.18. The summed E-state index contributed by atoms with van der Waals surface area (Å²) >= 11 is 0. The van der Waals surface area contributed by atoms with Gasteiger partial charge in [0.1, 0.15) is 0 Å². The summed E-state index contributed by atoms with van der Waals surface area (Å²) in [6.45, 7) is 2.03. The molecule has 0 radical (unpaired) electrons. The minimum absolute atomic E-state index is 0. The van der Waals surface area contributed by atoms with Gasteiger partial charge in [-0.1, -0.05) is 0 Å². The topological polar surface area (TPSA) is 35.2 Å². The molecule has 50 valence electrons. The van der Waals surface area contributed by atoms with E-state index in [-0.39, 0.29) is 24.0 Å². The smallest absolute Gasteiger partial charge is 0.0817 e. The monoisotopic (exact) mass is 137 g/mol. The fourth-order valence-electron chi connectivity index (χ4n) is 0.612. The summed E-state index contributed by atoms with van der Waals surface area (Å²) in [5.41, 5.74) is 5.51. The van der Waals surface area contributed by atoms with Crippen molar-refractivity contribution in [3.63, 3.8) is 0 Å². The van der Waals surface area contributed by atoms with Crippen LogP contribution in [-0.2, 0) is 4.74 Å². The van der Waals surface area contributed by atoms with Crippen molar-refractivity contribution in [2.24, 2.45) is 5.73 Å². The maximum atomic E-state index is 5.49. The summed E-state index contributed by atoms with van der Waals surface area (Å²) in [6, 6.07) is 0.289. The summed E-state index contributed by atoms with van der Waals surface area (Å²) in [5.74, 6) is 0. The molecule has 2 atom stereocenters. The van der Waals surface area contributed by atoms with Crippen LogP contribution in [0.15, 0.2) is 0 Å². The number of ether oxygens (including phenoxy) is 1. The molecule has 1 rings (SSSR count). The molecule has 0 saturated heterocycles. The molecule has 0 unspecified atom stereocenters. The van der Waals surface area contributed by atoms with Crippen molar-refractivity contribution < 1.29 is 4.74 Å². The van der Waals surface area contributed by atoms with Crippen LogP contribution in [0, 0.1) is 0 Å². The zero-order valence-electron chi connectivity index (χ0n) is 5.18. The highest BCUT2D eigenvalue weighted by Crippen LogP contribution is 2.36. The van der Waals surface area contributed by atoms with E-state index in [2.05, 4.69) is 0 Å². The van der Waals surface area contributed by atoms with Crippen molar-refractivity contribution in [3.8, 4) is 0 Å². The first-order valence-electron chi connectivity index (χ1n) is 2.50. The number of hydrogen-bond donors (Lipinski definition) is 1. The molecule has 0 aromatic carbocycles. The fraction of sp³-hybridized carbons (Fsp3) is 1.00. The Labute approximate surface area is 55.8 Å². The molecule has 0 aromatic heterocycles. The lowest BCUT2D eigenvalue weighted by molar-refractivity contribution is 0.0917. The summed E-state index contributed by atoms with van der Waals surface area (Å²) in [5, 5.41) is 0. The minimum Gasteiger partial charge on any atom is -0.377 e. The van der Waals surface area contributed by atoms with Crippen molar-refractivity contribution in [3.05, 3.63) is 0 Å². The molecule has 1 aliphatic rings. The molecule has 0 bridgehead atoms. The van der Waals surface area contributed by atoms with Gasteiger partial charge in [-0.2, -0.15) is 0 Å². The van der Waals surface area contributed by atoms with Crippen molar-refractivity contribution in [1.82, 2.24) is 0 Å². The molecule has 1 saturated carbocycles. The summed E-state index contributed by atoms with van der Waals surface area (Å²) in [6.07, 6.45) is 1.02. The van der Waals surface area contributed by atoms with Gasteiger partial charge in [0.2, 0.25) is 0 Å². The number of methoxy groups -OCH3 is 1. The molecule has 1 aliphatic carbocycles. The highest BCUT2D eigenvalue weighted by Gasteiger charge is 2.47. The van der Waals surface area contributed by atoms with E-state index in [0.29, 0.717) is 0 Å². The van der Waals surface area contributed by atoms with E-state index in [1.165, 1.54) is 0 Å². The molecule has 0 aliphatic heterocycles. The van der Waals surface area contributed by atoms with Crippen LogP contribution >= 0.6 is 12.4 Å². The van der Waals surface area contributed by atoms with Gasteiger partial charge < -0.3 is 10.5 Å². The minimum atomic E-state index is 0. The molecule has 1 fully saturated rings. The third kappa shape index (κ3) is 1.13. The van der Waals surface area contributed by atoms with Gasteiger partial charge in [-0.05, 0) is 13.3 Å². The summed E-state index contributed by atoms with van der Waals surface area (Å²) < 4.78 is 5.04. The fourth-order valence-corrected chi connectivity index (χ4v) is 0.612. The molecule has 0 heterocycles. The first-order valence-corrected chi connectivity index (χ1v) is 2.50. The van der Waals surface area contributed by atoms with Gasteiger partial charge in [0.15, 0.2) is 0 Å². The van der Waals surface area contributed by atoms with Gasteiger partial charge in [0, 0.05) is 13.2 Å². The van der Waals surface area contributed by atoms with Crippen LogP contribution in [0.25, 0.3) is 0 Å². The Morgan fingerprint density at radius 3 is 2.12 bits per heavy atom. The normalized spacial score (nSPS) is 43.1. The lowest BCUT2D eigenvalue weighted by Crippen LogP contribution is -2.17. The van der Waals surface area contributed by atoms with Crippen LogP contribution < -0.4 is 5.73 Å². The highest BCUT2D eigenvalue weighted by molar-refractivity contribution is 5.85. The Balaban J connectivity index is 0.000000490. The van der Waals surface area contributed by atoms with E-state index in [4.69, 9.17) is 10.5 Å².